The van der Waals surface area contributed by atoms with Gasteiger partial charge in [0.1, 0.15) is 16.3 Å². The van der Waals surface area contributed by atoms with Gasteiger partial charge in [-0.15, -0.1) is 0 Å². The van der Waals surface area contributed by atoms with Gasteiger partial charge in [0.25, 0.3) is 10.0 Å². The van der Waals surface area contributed by atoms with Crippen LogP contribution in [0.15, 0.2) is 76.6 Å². The van der Waals surface area contributed by atoms with Gasteiger partial charge in [-0.3, -0.25) is 0 Å². The van der Waals surface area contributed by atoms with Gasteiger partial charge < -0.3 is 15.2 Å². The average molecular weight is 458 g/mol. The molecular formula is C21H16ClN3O5S. The van der Waals surface area contributed by atoms with E-state index >= 15 is 0 Å². The quantitative estimate of drug-likeness (QED) is 0.531. The number of carbonyl (C=O) groups is 1. The van der Waals surface area contributed by atoms with E-state index in [-0.39, 0.29) is 34.4 Å². The molecule has 1 aliphatic heterocycles. The number of anilines is 1. The molecule has 0 bridgehead atoms. The number of hydrogen-bond donors (Lipinski definition) is 3. The molecule has 8 nitrogen and oxygen atoms in total. The predicted molar refractivity (Wildman–Crippen MR) is 116 cm³/mol. The van der Waals surface area contributed by atoms with E-state index in [9.17, 15) is 13.2 Å². The van der Waals surface area contributed by atoms with E-state index in [4.69, 9.17) is 21.4 Å². The van der Waals surface area contributed by atoms with Crippen molar-refractivity contribution in [2.75, 3.05) is 5.32 Å². The maximum atomic E-state index is 12.7. The number of rotatable bonds is 5. The number of benzene rings is 3. The molecule has 0 atom stereocenters. The topological polar surface area (TPSA) is 117 Å². The zero-order valence-corrected chi connectivity index (χ0v) is 17.4. The third-order valence-electron chi connectivity index (χ3n) is 4.40. The van der Waals surface area contributed by atoms with Crippen LogP contribution in [0.2, 0.25) is 5.02 Å². The normalized spacial score (nSPS) is 15.5. The van der Waals surface area contributed by atoms with E-state index < -0.39 is 16.0 Å². The fourth-order valence-corrected chi connectivity index (χ4v) is 4.29. The van der Waals surface area contributed by atoms with Crippen LogP contribution in [-0.4, -0.2) is 25.5 Å². The first-order chi connectivity index (χ1) is 14.8. The summed E-state index contributed by atoms with van der Waals surface area (Å²) >= 11 is 6.15. The number of hydrogen-bond acceptors (Lipinski definition) is 5. The van der Waals surface area contributed by atoms with Crippen molar-refractivity contribution in [3.63, 3.8) is 0 Å². The number of aliphatic imine (C=N–C) groups is 1. The van der Waals surface area contributed by atoms with E-state index in [0.29, 0.717) is 16.3 Å². The molecule has 0 spiro atoms. The number of aromatic carboxylic acids is 1. The molecule has 3 aromatic carbocycles. The number of nitrogens with one attached hydrogen (secondary N) is 2. The van der Waals surface area contributed by atoms with Crippen LogP contribution in [-0.2, 0) is 16.6 Å². The maximum absolute atomic E-state index is 12.7. The van der Waals surface area contributed by atoms with Gasteiger partial charge in [0.15, 0.2) is 5.75 Å². The second-order valence-corrected chi connectivity index (χ2v) is 8.62. The molecule has 158 valence electrons. The second kappa shape index (κ2) is 8.29. The Balaban J connectivity index is 1.66. The van der Waals surface area contributed by atoms with Gasteiger partial charge >= 0.3 is 5.97 Å². The van der Waals surface area contributed by atoms with Crippen molar-refractivity contribution in [1.82, 2.24) is 4.72 Å². The smallest absolute Gasteiger partial charge is 0.335 e. The zero-order valence-electron chi connectivity index (χ0n) is 15.9. The molecule has 0 saturated carbocycles. The zero-order chi connectivity index (χ0) is 22.0. The van der Waals surface area contributed by atoms with Gasteiger partial charge in [-0.25, -0.2) is 22.9 Å². The van der Waals surface area contributed by atoms with Crippen molar-refractivity contribution in [2.45, 2.75) is 11.4 Å². The van der Waals surface area contributed by atoms with Crippen molar-refractivity contribution >= 4 is 39.2 Å². The first-order valence-electron chi connectivity index (χ1n) is 9.05. The fraction of sp³-hybridized carbons (Fsp3) is 0.0476. The number of ether oxygens (including phenoxy) is 1. The molecule has 0 fully saturated rings. The van der Waals surface area contributed by atoms with Crippen LogP contribution in [0.4, 0.5) is 5.69 Å². The monoisotopic (exact) mass is 457 g/mol. The van der Waals surface area contributed by atoms with Gasteiger partial charge in [-0.2, -0.15) is 0 Å². The summed E-state index contributed by atoms with van der Waals surface area (Å²) < 4.78 is 33.7. The molecule has 3 N–H and O–H groups in total. The van der Waals surface area contributed by atoms with Crippen molar-refractivity contribution in [1.29, 1.82) is 0 Å². The Labute approximate surface area is 183 Å². The average Bonchev–Trinajstić information content (AvgIpc) is 2.74. The molecule has 10 heteroatoms. The summed E-state index contributed by atoms with van der Waals surface area (Å²) in [7, 11) is -3.89. The fourth-order valence-electron chi connectivity index (χ4n) is 2.96. The first-order valence-corrected chi connectivity index (χ1v) is 10.9. The van der Waals surface area contributed by atoms with Gasteiger partial charge in [0.2, 0.25) is 5.96 Å². The molecule has 31 heavy (non-hydrogen) atoms. The Bertz CT molecular complexity index is 1310. The lowest BCUT2D eigenvalue weighted by atomic mass is 10.1. The van der Waals surface area contributed by atoms with Crippen LogP contribution in [0.1, 0.15) is 15.9 Å². The lowest BCUT2D eigenvalue weighted by Gasteiger charge is -2.23. The van der Waals surface area contributed by atoms with E-state index in [1.54, 1.807) is 48.5 Å². The minimum Gasteiger partial charge on any atom is -0.478 e. The summed E-state index contributed by atoms with van der Waals surface area (Å²) in [4.78, 5) is 15.4. The maximum Gasteiger partial charge on any atom is 0.335 e. The Morgan fingerprint density at radius 3 is 2.55 bits per heavy atom. The third kappa shape index (κ3) is 4.47. The van der Waals surface area contributed by atoms with Gasteiger partial charge in [0, 0.05) is 0 Å². The third-order valence-corrected chi connectivity index (χ3v) is 6.10. The number of carboxylic acid groups (broad SMARTS) is 1. The number of carboxylic acids is 1. The molecule has 1 heterocycles. The summed E-state index contributed by atoms with van der Waals surface area (Å²) in [6, 6.07) is 17.7. The number of sulfonamides is 1. The summed E-state index contributed by atoms with van der Waals surface area (Å²) in [5, 5.41) is 12.4. The molecule has 0 radical (unpaired) electrons. The lowest BCUT2D eigenvalue weighted by Crippen LogP contribution is -2.40. The molecule has 0 unspecified atom stereocenters. The highest BCUT2D eigenvalue weighted by atomic mass is 35.5. The van der Waals surface area contributed by atoms with E-state index in [1.807, 2.05) is 0 Å². The molecule has 0 aliphatic carbocycles. The van der Waals surface area contributed by atoms with Crippen LogP contribution in [0.5, 0.6) is 11.5 Å². The summed E-state index contributed by atoms with van der Waals surface area (Å²) in [6.45, 7) is 0.0643. The highest BCUT2D eigenvalue weighted by Crippen LogP contribution is 2.38. The largest absolute Gasteiger partial charge is 0.478 e. The molecule has 3 aromatic rings. The van der Waals surface area contributed by atoms with Crippen LogP contribution in [0, 0.1) is 0 Å². The summed E-state index contributed by atoms with van der Waals surface area (Å²) in [5.74, 6) is -0.430. The molecule has 0 aromatic heterocycles. The molecule has 1 aliphatic rings. The Kier molecular flexibility index (Phi) is 5.53. The number of nitrogens with zero attached hydrogens (tertiary/aromatic N) is 1. The molecule has 4 rings (SSSR count). The van der Waals surface area contributed by atoms with Gasteiger partial charge in [0.05, 0.1) is 17.1 Å². The summed E-state index contributed by atoms with van der Waals surface area (Å²) in [5.41, 5.74) is 0.953. The van der Waals surface area contributed by atoms with Crippen molar-refractivity contribution in [3.05, 3.63) is 82.9 Å². The number of para-hydroxylation sites is 2. The predicted octanol–water partition coefficient (Wildman–Crippen LogP) is 4.09. The number of halogens is 1. The SMILES string of the molecule is O=C(O)c1cccc(CN=C2Nc3c(Oc4ccccc4Cl)cccc3S(=O)(=O)N2)c1. The van der Waals surface area contributed by atoms with Crippen molar-refractivity contribution in [3.8, 4) is 11.5 Å². The summed E-state index contributed by atoms with van der Waals surface area (Å²) in [6.07, 6.45) is 0. The van der Waals surface area contributed by atoms with Crippen LogP contribution >= 0.6 is 11.6 Å². The first kappa shape index (κ1) is 20.7. The Hall–Kier alpha value is -3.56. The minimum atomic E-state index is -3.89. The van der Waals surface area contributed by atoms with Crippen LogP contribution in [0.25, 0.3) is 0 Å². The Morgan fingerprint density at radius 1 is 1.03 bits per heavy atom. The van der Waals surface area contributed by atoms with E-state index in [1.165, 1.54) is 18.2 Å². The van der Waals surface area contributed by atoms with Gasteiger partial charge in [-0.1, -0.05) is 41.9 Å². The lowest BCUT2D eigenvalue weighted by molar-refractivity contribution is 0.0696. The standard InChI is InChI=1S/C21H16ClN3O5S/c22-15-7-1-2-8-16(15)30-17-9-4-10-18-19(17)24-21(25-31(18,28)29)23-12-13-5-3-6-14(11-13)20(26)27/h1-11H,12H2,(H,26,27)(H2,23,24,25). The highest BCUT2D eigenvalue weighted by Gasteiger charge is 2.29. The van der Waals surface area contributed by atoms with Crippen LogP contribution < -0.4 is 14.8 Å². The molecule has 0 saturated heterocycles. The number of guanidine groups is 1. The number of fused-ring (bicyclic) bond motifs is 1. The minimum absolute atomic E-state index is 0.00359. The van der Waals surface area contributed by atoms with Crippen molar-refractivity contribution in [2.24, 2.45) is 4.99 Å². The highest BCUT2D eigenvalue weighted by molar-refractivity contribution is 7.90. The molecule has 0 amide bonds. The van der Waals surface area contributed by atoms with Crippen molar-refractivity contribution < 1.29 is 23.1 Å². The second-order valence-electron chi connectivity index (χ2n) is 6.56. The van der Waals surface area contributed by atoms with Gasteiger partial charge in [-0.05, 0) is 42.0 Å². The van der Waals surface area contributed by atoms with E-state index in [2.05, 4.69) is 15.0 Å². The van der Waals surface area contributed by atoms with Crippen LogP contribution in [0.3, 0.4) is 0 Å². The van der Waals surface area contributed by atoms with E-state index in [0.717, 1.165) is 0 Å². The Morgan fingerprint density at radius 2 is 1.77 bits per heavy atom. The molecular weight excluding hydrogens is 442 g/mol.